The van der Waals surface area contributed by atoms with Gasteiger partial charge in [-0.15, -0.1) is 0 Å². The fourth-order valence-corrected chi connectivity index (χ4v) is 2.98. The zero-order chi connectivity index (χ0) is 15.2. The second-order valence-electron chi connectivity index (χ2n) is 5.99. The van der Waals surface area contributed by atoms with Crippen LogP contribution < -0.4 is 20.1 Å². The summed E-state index contributed by atoms with van der Waals surface area (Å²) in [5, 5.41) is 5.98. The minimum atomic E-state index is -0.0842. The van der Waals surface area contributed by atoms with Crippen molar-refractivity contribution in [2.75, 3.05) is 13.2 Å². The molecule has 1 aromatic carbocycles. The summed E-state index contributed by atoms with van der Waals surface area (Å²) in [5.74, 6) is 1.55. The molecule has 1 fully saturated rings. The molecule has 0 bridgehead atoms. The zero-order valence-electron chi connectivity index (χ0n) is 12.9. The van der Waals surface area contributed by atoms with Gasteiger partial charge in [0.1, 0.15) is 0 Å². The molecule has 0 radical (unpaired) electrons. The van der Waals surface area contributed by atoms with Crippen molar-refractivity contribution in [1.29, 1.82) is 0 Å². The van der Waals surface area contributed by atoms with E-state index in [-0.39, 0.29) is 6.03 Å². The average molecular weight is 304 g/mol. The topological polar surface area (TPSA) is 59.6 Å². The first-order valence-electron chi connectivity index (χ1n) is 8.24. The molecular formula is C17H24N2O3. The van der Waals surface area contributed by atoms with Crippen molar-refractivity contribution in [3.63, 3.8) is 0 Å². The Bertz CT molecular complexity index is 513. The quantitative estimate of drug-likeness (QED) is 0.902. The van der Waals surface area contributed by atoms with Crippen LogP contribution in [0.5, 0.6) is 11.5 Å². The Kier molecular flexibility index (Phi) is 5.03. The molecule has 120 valence electrons. The number of amides is 2. The molecular weight excluding hydrogens is 280 g/mol. The van der Waals surface area contributed by atoms with Gasteiger partial charge in [-0.2, -0.15) is 0 Å². The molecule has 1 heterocycles. The molecule has 0 saturated heterocycles. The van der Waals surface area contributed by atoms with Crippen LogP contribution in [0.2, 0.25) is 0 Å². The molecule has 2 amide bonds. The van der Waals surface area contributed by atoms with E-state index in [1.165, 1.54) is 19.3 Å². The van der Waals surface area contributed by atoms with E-state index in [4.69, 9.17) is 9.47 Å². The van der Waals surface area contributed by atoms with E-state index in [9.17, 15) is 4.79 Å². The van der Waals surface area contributed by atoms with Crippen molar-refractivity contribution in [3.8, 4) is 11.5 Å². The predicted octanol–water partition coefficient (Wildman–Crippen LogP) is 2.98. The van der Waals surface area contributed by atoms with Gasteiger partial charge in [0.15, 0.2) is 11.5 Å². The van der Waals surface area contributed by atoms with Gasteiger partial charge in [0, 0.05) is 19.0 Å². The minimum Gasteiger partial charge on any atom is -0.490 e. The van der Waals surface area contributed by atoms with Crippen molar-refractivity contribution in [1.82, 2.24) is 10.6 Å². The number of ether oxygens (including phenoxy) is 2. The monoisotopic (exact) mass is 304 g/mol. The number of benzene rings is 1. The van der Waals surface area contributed by atoms with Crippen molar-refractivity contribution < 1.29 is 14.3 Å². The summed E-state index contributed by atoms with van der Waals surface area (Å²) in [5.41, 5.74) is 1.02. The van der Waals surface area contributed by atoms with Crippen LogP contribution >= 0.6 is 0 Å². The molecule has 0 aromatic heterocycles. The highest BCUT2D eigenvalue weighted by Crippen LogP contribution is 2.30. The molecule has 0 spiro atoms. The number of urea groups is 1. The third-order valence-electron chi connectivity index (χ3n) is 4.21. The van der Waals surface area contributed by atoms with Gasteiger partial charge in [-0.3, -0.25) is 0 Å². The van der Waals surface area contributed by atoms with E-state index in [1.807, 2.05) is 18.2 Å². The van der Waals surface area contributed by atoms with E-state index >= 15 is 0 Å². The second-order valence-corrected chi connectivity index (χ2v) is 5.99. The summed E-state index contributed by atoms with van der Waals surface area (Å²) >= 11 is 0. The zero-order valence-corrected chi connectivity index (χ0v) is 12.9. The maximum atomic E-state index is 12.0. The molecule has 1 aromatic rings. The summed E-state index contributed by atoms with van der Waals surface area (Å²) in [4.78, 5) is 12.0. The highest BCUT2D eigenvalue weighted by Gasteiger charge is 2.15. The van der Waals surface area contributed by atoms with Crippen molar-refractivity contribution in [2.45, 2.75) is 51.1 Å². The Hall–Kier alpha value is -1.91. The van der Waals surface area contributed by atoms with Crippen LogP contribution in [0.25, 0.3) is 0 Å². The second kappa shape index (κ2) is 7.38. The first-order chi connectivity index (χ1) is 10.8. The molecule has 5 nitrogen and oxygen atoms in total. The lowest BCUT2D eigenvalue weighted by molar-refractivity contribution is 0.232. The Balaban J connectivity index is 1.50. The molecule has 22 heavy (non-hydrogen) atoms. The number of hydrogen-bond acceptors (Lipinski definition) is 3. The van der Waals surface area contributed by atoms with Crippen LogP contribution in [0.1, 0.15) is 44.1 Å². The Morgan fingerprint density at radius 3 is 2.64 bits per heavy atom. The summed E-state index contributed by atoms with van der Waals surface area (Å²) in [7, 11) is 0. The molecule has 1 aliphatic heterocycles. The molecule has 3 rings (SSSR count). The fraction of sp³-hybridized carbons (Fsp3) is 0.588. The predicted molar refractivity (Wildman–Crippen MR) is 84.3 cm³/mol. The first-order valence-corrected chi connectivity index (χ1v) is 8.24. The summed E-state index contributed by atoms with van der Waals surface area (Å²) in [6, 6.07) is 6.07. The Morgan fingerprint density at radius 2 is 1.82 bits per heavy atom. The Morgan fingerprint density at radius 1 is 1.05 bits per heavy atom. The maximum absolute atomic E-state index is 12.0. The Labute approximate surface area is 131 Å². The third-order valence-corrected chi connectivity index (χ3v) is 4.21. The highest BCUT2D eigenvalue weighted by atomic mass is 16.5. The highest BCUT2D eigenvalue weighted by molar-refractivity contribution is 5.74. The van der Waals surface area contributed by atoms with E-state index in [1.54, 1.807) is 0 Å². The SMILES string of the molecule is O=C(NCc1ccc2c(c1)OCCCO2)NC1CCCCC1. The van der Waals surface area contributed by atoms with Crippen molar-refractivity contribution in [3.05, 3.63) is 23.8 Å². The number of carbonyl (C=O) groups excluding carboxylic acids is 1. The van der Waals surface area contributed by atoms with Gasteiger partial charge in [0.2, 0.25) is 0 Å². The molecule has 1 aliphatic carbocycles. The van der Waals surface area contributed by atoms with Gasteiger partial charge in [0.05, 0.1) is 13.2 Å². The summed E-state index contributed by atoms with van der Waals surface area (Å²) < 4.78 is 11.3. The molecule has 0 atom stereocenters. The average Bonchev–Trinajstić information content (AvgIpc) is 2.78. The van der Waals surface area contributed by atoms with E-state index < -0.39 is 0 Å². The molecule has 0 unspecified atom stereocenters. The maximum Gasteiger partial charge on any atom is 0.315 e. The van der Waals surface area contributed by atoms with Gasteiger partial charge < -0.3 is 20.1 Å². The lowest BCUT2D eigenvalue weighted by atomic mass is 9.96. The summed E-state index contributed by atoms with van der Waals surface area (Å²) in [6.45, 7) is 1.86. The van der Waals surface area contributed by atoms with Gasteiger partial charge in [0.25, 0.3) is 0 Å². The van der Waals surface area contributed by atoms with Crippen LogP contribution in [0.4, 0.5) is 4.79 Å². The third kappa shape index (κ3) is 4.06. The normalized spacial score (nSPS) is 18.4. The van der Waals surface area contributed by atoms with Gasteiger partial charge >= 0.3 is 6.03 Å². The fourth-order valence-electron chi connectivity index (χ4n) is 2.98. The van der Waals surface area contributed by atoms with E-state index in [2.05, 4.69) is 10.6 Å². The smallest absolute Gasteiger partial charge is 0.315 e. The lowest BCUT2D eigenvalue weighted by Crippen LogP contribution is -2.42. The van der Waals surface area contributed by atoms with Crippen LogP contribution in [-0.4, -0.2) is 25.3 Å². The first kappa shape index (κ1) is 15.0. The van der Waals surface area contributed by atoms with Crippen molar-refractivity contribution in [2.24, 2.45) is 0 Å². The molecule has 1 saturated carbocycles. The lowest BCUT2D eigenvalue weighted by Gasteiger charge is -2.22. The molecule has 5 heteroatoms. The number of nitrogens with one attached hydrogen (secondary N) is 2. The largest absolute Gasteiger partial charge is 0.490 e. The van der Waals surface area contributed by atoms with Crippen LogP contribution in [0.3, 0.4) is 0 Å². The summed E-state index contributed by atoms with van der Waals surface area (Å²) in [6.07, 6.45) is 6.80. The van der Waals surface area contributed by atoms with Crippen molar-refractivity contribution >= 4 is 6.03 Å². The van der Waals surface area contributed by atoms with Gasteiger partial charge in [-0.25, -0.2) is 4.79 Å². The number of fused-ring (bicyclic) bond motifs is 1. The van der Waals surface area contributed by atoms with Crippen LogP contribution in [0, 0.1) is 0 Å². The number of rotatable bonds is 3. The number of carbonyl (C=O) groups is 1. The van der Waals surface area contributed by atoms with Gasteiger partial charge in [-0.1, -0.05) is 25.3 Å². The van der Waals surface area contributed by atoms with Crippen LogP contribution in [-0.2, 0) is 6.54 Å². The molecule has 2 aliphatic rings. The molecule has 2 N–H and O–H groups in total. The van der Waals surface area contributed by atoms with Crippen LogP contribution in [0.15, 0.2) is 18.2 Å². The minimum absolute atomic E-state index is 0.0842. The number of hydrogen-bond donors (Lipinski definition) is 2. The van der Waals surface area contributed by atoms with Gasteiger partial charge in [-0.05, 0) is 30.5 Å². The standard InChI is InChI=1S/C17H24N2O3/c20-17(19-14-5-2-1-3-6-14)18-12-13-7-8-15-16(11-13)22-10-4-9-21-15/h7-8,11,14H,1-6,9-10,12H2,(H2,18,19,20). The van der Waals surface area contributed by atoms with E-state index in [0.29, 0.717) is 25.8 Å². The van der Waals surface area contributed by atoms with E-state index in [0.717, 1.165) is 36.3 Å².